The first kappa shape index (κ1) is 14.8. The van der Waals surface area contributed by atoms with Crippen LogP contribution in [0, 0.1) is 6.92 Å². The number of rotatable bonds is 5. The van der Waals surface area contributed by atoms with Crippen molar-refractivity contribution < 1.29 is 14.3 Å². The van der Waals surface area contributed by atoms with E-state index in [-0.39, 0.29) is 18.9 Å². The molecule has 21 heavy (non-hydrogen) atoms. The summed E-state index contributed by atoms with van der Waals surface area (Å²) in [7, 11) is 1.30. The average molecular weight is 287 g/mol. The smallest absolute Gasteiger partial charge is 0.330 e. The molecule has 1 N–H and O–H groups in total. The number of pyridine rings is 1. The van der Waals surface area contributed by atoms with Gasteiger partial charge in [0, 0.05) is 18.8 Å². The molecule has 2 rings (SSSR count). The van der Waals surface area contributed by atoms with Crippen LogP contribution in [0.2, 0.25) is 0 Å². The van der Waals surface area contributed by atoms with Gasteiger partial charge in [-0.15, -0.1) is 0 Å². The lowest BCUT2D eigenvalue weighted by Crippen LogP contribution is -2.26. The number of nitrogens with zero attached hydrogens (tertiary/aromatic N) is 2. The Bertz CT molecular complexity index is 689. The summed E-state index contributed by atoms with van der Waals surface area (Å²) in [4.78, 5) is 27.2. The summed E-state index contributed by atoms with van der Waals surface area (Å²) in [5.74, 6) is -0.569. The number of imidazole rings is 1. The summed E-state index contributed by atoms with van der Waals surface area (Å²) < 4.78 is 6.36. The Hall–Kier alpha value is -2.63. The van der Waals surface area contributed by atoms with E-state index < -0.39 is 5.97 Å². The van der Waals surface area contributed by atoms with E-state index in [1.165, 1.54) is 13.2 Å². The molecule has 0 saturated heterocycles. The molecule has 0 aliphatic heterocycles. The zero-order chi connectivity index (χ0) is 15.2. The number of methoxy groups -OCH3 is 1. The zero-order valence-electron chi connectivity index (χ0n) is 12.0. The second-order valence-corrected chi connectivity index (χ2v) is 4.48. The molecule has 6 nitrogen and oxygen atoms in total. The number of nitrogens with one attached hydrogen (secondary N) is 1. The minimum Gasteiger partial charge on any atom is -0.466 e. The second kappa shape index (κ2) is 6.69. The van der Waals surface area contributed by atoms with Crippen molar-refractivity contribution >= 4 is 17.5 Å². The van der Waals surface area contributed by atoms with Crippen molar-refractivity contribution in [2.75, 3.05) is 13.7 Å². The number of aryl methyl sites for hydroxylation is 1. The Kier molecular flexibility index (Phi) is 4.71. The first-order valence-electron chi connectivity index (χ1n) is 6.55. The van der Waals surface area contributed by atoms with Crippen molar-refractivity contribution in [3.05, 3.63) is 47.9 Å². The number of amides is 1. The maximum atomic E-state index is 11.9. The second-order valence-electron chi connectivity index (χ2n) is 4.48. The molecule has 0 atom stereocenters. The van der Waals surface area contributed by atoms with E-state index in [9.17, 15) is 9.59 Å². The first-order valence-corrected chi connectivity index (χ1v) is 6.55. The molecule has 110 valence electrons. The van der Waals surface area contributed by atoms with Gasteiger partial charge in [-0.25, -0.2) is 9.78 Å². The monoisotopic (exact) mass is 287 g/mol. The molecule has 0 unspecified atom stereocenters. The normalized spacial score (nSPS) is 11.0. The molecule has 0 aromatic carbocycles. The van der Waals surface area contributed by atoms with Gasteiger partial charge in [0.1, 0.15) is 5.65 Å². The third kappa shape index (κ3) is 3.68. The predicted octanol–water partition coefficient (Wildman–Crippen LogP) is 1.03. The lowest BCUT2D eigenvalue weighted by Gasteiger charge is -2.04. The van der Waals surface area contributed by atoms with Gasteiger partial charge in [0.15, 0.2) is 0 Å². The molecule has 0 saturated carbocycles. The van der Waals surface area contributed by atoms with Crippen molar-refractivity contribution in [1.82, 2.24) is 14.7 Å². The van der Waals surface area contributed by atoms with E-state index in [0.717, 1.165) is 17.0 Å². The summed E-state index contributed by atoms with van der Waals surface area (Å²) in [5.41, 5.74) is 2.52. The fourth-order valence-corrected chi connectivity index (χ4v) is 1.99. The molecule has 0 bridgehead atoms. The SMILES string of the molecule is COC(=O)/C=C/CNC(=O)Cc1c(C)nc2ccccn12. The van der Waals surface area contributed by atoms with Crippen LogP contribution in [0.15, 0.2) is 36.5 Å². The zero-order valence-corrected chi connectivity index (χ0v) is 12.0. The van der Waals surface area contributed by atoms with Gasteiger partial charge in [0.25, 0.3) is 0 Å². The summed E-state index contributed by atoms with van der Waals surface area (Å²) in [6.45, 7) is 2.16. The summed E-state index contributed by atoms with van der Waals surface area (Å²) in [6.07, 6.45) is 4.95. The molecular weight excluding hydrogens is 270 g/mol. The van der Waals surface area contributed by atoms with Crippen LogP contribution in [-0.4, -0.2) is 34.9 Å². The minimum absolute atomic E-state index is 0.127. The highest BCUT2D eigenvalue weighted by Gasteiger charge is 2.11. The van der Waals surface area contributed by atoms with Gasteiger partial charge in [-0.05, 0) is 19.1 Å². The third-order valence-electron chi connectivity index (χ3n) is 3.03. The standard InChI is InChI=1S/C15H17N3O3/c1-11-12(18-9-4-3-6-13(18)17-11)10-14(19)16-8-5-7-15(20)21-2/h3-7,9H,8,10H2,1-2H3,(H,16,19)/b7-5+. The average Bonchev–Trinajstić information content (AvgIpc) is 2.79. The van der Waals surface area contributed by atoms with E-state index >= 15 is 0 Å². The Labute approximate surface area is 122 Å². The number of carbonyl (C=O) groups excluding carboxylic acids is 2. The maximum Gasteiger partial charge on any atom is 0.330 e. The van der Waals surface area contributed by atoms with Gasteiger partial charge < -0.3 is 14.5 Å². The first-order chi connectivity index (χ1) is 10.1. The molecule has 0 spiro atoms. The number of esters is 1. The van der Waals surface area contributed by atoms with Crippen molar-refractivity contribution in [1.29, 1.82) is 0 Å². The molecular formula is C15H17N3O3. The van der Waals surface area contributed by atoms with Crippen LogP contribution < -0.4 is 5.32 Å². The Morgan fingerprint density at radius 3 is 3.00 bits per heavy atom. The van der Waals surface area contributed by atoms with Gasteiger partial charge in [-0.2, -0.15) is 0 Å². The number of ether oxygens (including phenoxy) is 1. The minimum atomic E-state index is -0.443. The fraction of sp³-hybridized carbons (Fsp3) is 0.267. The van der Waals surface area contributed by atoms with Crippen LogP contribution in [0.1, 0.15) is 11.4 Å². The molecule has 1 amide bonds. The van der Waals surface area contributed by atoms with Crippen LogP contribution in [0.3, 0.4) is 0 Å². The van der Waals surface area contributed by atoms with Crippen LogP contribution in [0.4, 0.5) is 0 Å². The lowest BCUT2D eigenvalue weighted by molar-refractivity contribution is -0.134. The fourth-order valence-electron chi connectivity index (χ4n) is 1.99. The quantitative estimate of drug-likeness (QED) is 0.658. The molecule has 0 aliphatic carbocycles. The number of carbonyl (C=O) groups is 2. The molecule has 2 aromatic heterocycles. The van der Waals surface area contributed by atoms with E-state index in [2.05, 4.69) is 15.0 Å². The number of hydrogen-bond acceptors (Lipinski definition) is 4. The van der Waals surface area contributed by atoms with E-state index in [4.69, 9.17) is 0 Å². The molecule has 0 fully saturated rings. The molecule has 2 aromatic rings. The summed E-state index contributed by atoms with van der Waals surface area (Å²) in [6, 6.07) is 5.70. The number of hydrogen-bond donors (Lipinski definition) is 1. The van der Waals surface area contributed by atoms with Gasteiger partial charge in [0.2, 0.25) is 5.91 Å². The van der Waals surface area contributed by atoms with Gasteiger partial charge in [-0.3, -0.25) is 4.79 Å². The maximum absolute atomic E-state index is 11.9. The molecule has 6 heteroatoms. The van der Waals surface area contributed by atoms with Gasteiger partial charge in [-0.1, -0.05) is 12.1 Å². The Morgan fingerprint density at radius 2 is 2.24 bits per heavy atom. The van der Waals surface area contributed by atoms with Gasteiger partial charge >= 0.3 is 5.97 Å². The highest BCUT2D eigenvalue weighted by Crippen LogP contribution is 2.12. The van der Waals surface area contributed by atoms with Crippen LogP contribution in [0.5, 0.6) is 0 Å². The number of aromatic nitrogens is 2. The van der Waals surface area contributed by atoms with Crippen molar-refractivity contribution in [3.8, 4) is 0 Å². The molecule has 0 radical (unpaired) electrons. The van der Waals surface area contributed by atoms with Crippen LogP contribution >= 0.6 is 0 Å². The van der Waals surface area contributed by atoms with Crippen molar-refractivity contribution in [3.63, 3.8) is 0 Å². The molecule has 2 heterocycles. The van der Waals surface area contributed by atoms with Crippen molar-refractivity contribution in [2.24, 2.45) is 0 Å². The molecule has 0 aliphatic rings. The third-order valence-corrected chi connectivity index (χ3v) is 3.03. The highest BCUT2D eigenvalue weighted by atomic mass is 16.5. The van der Waals surface area contributed by atoms with Crippen molar-refractivity contribution in [2.45, 2.75) is 13.3 Å². The highest BCUT2D eigenvalue weighted by molar-refractivity contribution is 5.82. The van der Waals surface area contributed by atoms with Crippen LogP contribution in [-0.2, 0) is 20.7 Å². The van der Waals surface area contributed by atoms with E-state index in [1.54, 1.807) is 6.08 Å². The van der Waals surface area contributed by atoms with E-state index in [0.29, 0.717) is 0 Å². The van der Waals surface area contributed by atoms with E-state index in [1.807, 2.05) is 35.7 Å². The van der Waals surface area contributed by atoms with Gasteiger partial charge in [0.05, 0.1) is 24.9 Å². The largest absolute Gasteiger partial charge is 0.466 e. The summed E-state index contributed by atoms with van der Waals surface area (Å²) >= 11 is 0. The van der Waals surface area contributed by atoms with Crippen LogP contribution in [0.25, 0.3) is 5.65 Å². The topological polar surface area (TPSA) is 72.7 Å². The Morgan fingerprint density at radius 1 is 1.43 bits per heavy atom. The number of fused-ring (bicyclic) bond motifs is 1. The lowest BCUT2D eigenvalue weighted by atomic mass is 10.2. The summed E-state index contributed by atoms with van der Waals surface area (Å²) in [5, 5.41) is 2.72. The predicted molar refractivity (Wildman–Crippen MR) is 77.8 cm³/mol. The Balaban J connectivity index is 1.97.